The van der Waals surface area contributed by atoms with Crippen molar-refractivity contribution in [2.24, 2.45) is 0 Å². The molecule has 15 nitrogen and oxygen atoms in total. The lowest BCUT2D eigenvalue weighted by Crippen LogP contribution is -2.38. The van der Waals surface area contributed by atoms with Gasteiger partial charge in [0, 0.05) is 30.1 Å². The van der Waals surface area contributed by atoms with Crippen molar-refractivity contribution in [2.45, 2.75) is 64.3 Å². The van der Waals surface area contributed by atoms with Gasteiger partial charge in [0.2, 0.25) is 12.7 Å². The van der Waals surface area contributed by atoms with E-state index in [1.54, 1.807) is 18.5 Å². The van der Waals surface area contributed by atoms with Crippen LogP contribution in [0.3, 0.4) is 0 Å². The molecule has 4 aromatic rings. The molecule has 242 valence electrons. The van der Waals surface area contributed by atoms with Crippen LogP contribution in [0.4, 0.5) is 0 Å². The molecule has 3 heterocycles. The molecule has 4 N–H and O–H groups in total. The number of carbonyl (C=O) groups excluding carboxylic acids is 1. The van der Waals surface area contributed by atoms with E-state index < -0.39 is 36.3 Å². The summed E-state index contributed by atoms with van der Waals surface area (Å²) < 4.78 is 12.1. The van der Waals surface area contributed by atoms with Gasteiger partial charge in [0.25, 0.3) is 5.56 Å². The molecule has 0 amide bonds. The second kappa shape index (κ2) is 14.9. The van der Waals surface area contributed by atoms with Crippen molar-refractivity contribution in [2.75, 3.05) is 6.79 Å². The number of imidazole rings is 1. The van der Waals surface area contributed by atoms with Crippen LogP contribution in [0.1, 0.15) is 75.1 Å². The Balaban J connectivity index is 1.43. The molecule has 0 spiro atoms. The first-order valence-electron chi connectivity index (χ1n) is 14.5. The average Bonchev–Trinajstić information content (AvgIpc) is 3.66. The average molecular weight is 634 g/mol. The van der Waals surface area contributed by atoms with Crippen molar-refractivity contribution in [3.63, 3.8) is 0 Å². The molecule has 0 aliphatic carbocycles. The molecule has 0 saturated carbocycles. The van der Waals surface area contributed by atoms with Crippen molar-refractivity contribution in [1.82, 2.24) is 34.9 Å². The summed E-state index contributed by atoms with van der Waals surface area (Å²) in [5, 5.41) is 26.3. The molecule has 0 aliphatic rings. The van der Waals surface area contributed by atoms with Crippen LogP contribution >= 0.6 is 0 Å². The van der Waals surface area contributed by atoms with E-state index in [4.69, 9.17) is 14.6 Å². The van der Waals surface area contributed by atoms with Crippen LogP contribution in [-0.2, 0) is 31.0 Å². The number of carboxylic acids is 2. The third-order valence-corrected chi connectivity index (χ3v) is 6.76. The van der Waals surface area contributed by atoms with E-state index in [1.165, 1.54) is 6.20 Å². The number of carbonyl (C=O) groups is 3. The fourth-order valence-electron chi connectivity index (χ4n) is 4.47. The molecule has 1 aromatic carbocycles. The van der Waals surface area contributed by atoms with E-state index in [-0.39, 0.29) is 41.3 Å². The summed E-state index contributed by atoms with van der Waals surface area (Å²) in [6.45, 7) is 5.58. The number of H-pyrrole nitrogens is 2. The molecule has 1 atom stereocenters. The van der Waals surface area contributed by atoms with Crippen LogP contribution < -0.4 is 21.0 Å². The molecule has 3 aromatic heterocycles. The normalized spacial score (nSPS) is 13.0. The van der Waals surface area contributed by atoms with E-state index in [0.29, 0.717) is 24.2 Å². The van der Waals surface area contributed by atoms with Crippen LogP contribution in [0.2, 0.25) is 0 Å². The molecule has 46 heavy (non-hydrogen) atoms. The predicted octanol–water partition coefficient (Wildman–Crippen LogP) is 1.43. The summed E-state index contributed by atoms with van der Waals surface area (Å²) in [5.41, 5.74) is 1.92. The molecule has 1 unspecified atom stereocenters. The minimum Gasteiger partial charge on any atom is -0.481 e. The quantitative estimate of drug-likeness (QED) is 0.115. The number of carboxylic acid groups (broad SMARTS) is 2. The Morgan fingerprint density at radius 1 is 1.09 bits per heavy atom. The van der Waals surface area contributed by atoms with Gasteiger partial charge in [-0.05, 0) is 37.0 Å². The van der Waals surface area contributed by atoms with Gasteiger partial charge in [-0.25, -0.2) is 19.4 Å². The summed E-state index contributed by atoms with van der Waals surface area (Å²) in [6, 6.07) is 8.02. The number of hydrogen-bond donors (Lipinski definition) is 4. The third-order valence-electron chi connectivity index (χ3n) is 6.76. The van der Waals surface area contributed by atoms with Crippen LogP contribution in [-0.4, -0.2) is 69.8 Å². The van der Waals surface area contributed by atoms with Crippen molar-refractivity contribution in [1.29, 1.82) is 0 Å². The van der Waals surface area contributed by atoms with Crippen molar-refractivity contribution < 1.29 is 34.1 Å². The lowest BCUT2D eigenvalue weighted by Gasteiger charge is -2.17. The second-order valence-electron chi connectivity index (χ2n) is 11.4. The van der Waals surface area contributed by atoms with E-state index in [2.05, 4.69) is 30.2 Å². The topological polar surface area (TPSA) is 215 Å². The van der Waals surface area contributed by atoms with Gasteiger partial charge in [-0.3, -0.25) is 14.4 Å². The molecule has 4 rings (SSSR count). The van der Waals surface area contributed by atoms with Gasteiger partial charge >= 0.3 is 17.9 Å². The maximum absolute atomic E-state index is 13.0. The van der Waals surface area contributed by atoms with Gasteiger partial charge in [0.15, 0.2) is 6.04 Å². The van der Waals surface area contributed by atoms with Crippen LogP contribution in [0.25, 0.3) is 12.2 Å². The smallest absolute Gasteiger partial charge is 0.328 e. The largest absolute Gasteiger partial charge is 0.481 e. The van der Waals surface area contributed by atoms with Crippen LogP contribution in [0.15, 0.2) is 47.7 Å². The highest BCUT2D eigenvalue weighted by Gasteiger charge is 2.23. The van der Waals surface area contributed by atoms with Gasteiger partial charge in [-0.15, -0.1) is 5.10 Å². The number of nitrogens with one attached hydrogen (secondary N) is 2. The van der Waals surface area contributed by atoms with Crippen LogP contribution in [0, 0.1) is 0 Å². The number of hydrogen-bond acceptors (Lipinski definition) is 10. The summed E-state index contributed by atoms with van der Waals surface area (Å²) in [7, 11) is 0. The van der Waals surface area contributed by atoms with Gasteiger partial charge in [-0.1, -0.05) is 56.3 Å². The molecule has 0 saturated heterocycles. The van der Waals surface area contributed by atoms with E-state index in [0.717, 1.165) is 15.9 Å². The number of benzene rings is 1. The summed E-state index contributed by atoms with van der Waals surface area (Å²) in [4.78, 5) is 62.5. The monoisotopic (exact) mass is 633 g/mol. The Labute approximate surface area is 262 Å². The minimum absolute atomic E-state index is 0.00484. The number of ether oxygens (including phenoxy) is 2. The molecule has 0 aliphatic heterocycles. The Hall–Kier alpha value is -5.60. The summed E-state index contributed by atoms with van der Waals surface area (Å²) in [6.07, 6.45) is 6.38. The fraction of sp³-hybridized carbons (Fsp3) is 0.355. The number of esters is 1. The zero-order valence-electron chi connectivity index (χ0n) is 25.6. The predicted molar refractivity (Wildman–Crippen MR) is 163 cm³/mol. The Morgan fingerprint density at radius 3 is 2.54 bits per heavy atom. The van der Waals surface area contributed by atoms with Crippen molar-refractivity contribution >= 4 is 30.1 Å². The van der Waals surface area contributed by atoms with Gasteiger partial charge in [0.05, 0.1) is 17.7 Å². The SMILES string of the molecule is CC(C)(C)c1[nH]cnc1C=c1[nH]c(=O)c(=Cc2ccccc2)nc1OCOC(=O)CCCc1cn(C(CCC(=O)O)C(=O)O)nn1. The minimum atomic E-state index is -1.22. The summed E-state index contributed by atoms with van der Waals surface area (Å²) in [5.74, 6) is -2.86. The zero-order chi connectivity index (χ0) is 33.3. The highest BCUT2D eigenvalue weighted by molar-refractivity contribution is 5.73. The first-order chi connectivity index (χ1) is 21.9. The number of nitrogens with zero attached hydrogens (tertiary/aromatic N) is 5. The van der Waals surface area contributed by atoms with Gasteiger partial charge < -0.3 is 29.7 Å². The number of aromatic amines is 2. The molecule has 0 fully saturated rings. The van der Waals surface area contributed by atoms with E-state index in [9.17, 15) is 24.3 Å². The third kappa shape index (κ3) is 9.20. The van der Waals surface area contributed by atoms with Gasteiger partial charge in [0.1, 0.15) is 10.7 Å². The first-order valence-corrected chi connectivity index (χ1v) is 14.5. The molecular weight excluding hydrogens is 598 g/mol. The molecule has 0 radical (unpaired) electrons. The lowest BCUT2D eigenvalue weighted by atomic mass is 9.90. The number of rotatable bonds is 14. The molecule has 15 heteroatoms. The van der Waals surface area contributed by atoms with Gasteiger partial charge in [-0.2, -0.15) is 0 Å². The van der Waals surface area contributed by atoms with Crippen LogP contribution in [0.5, 0.6) is 5.88 Å². The molecule has 0 bridgehead atoms. The maximum atomic E-state index is 13.0. The lowest BCUT2D eigenvalue weighted by molar-refractivity contribution is -0.150. The number of aryl methyl sites for hydroxylation is 1. The zero-order valence-corrected chi connectivity index (χ0v) is 25.6. The Morgan fingerprint density at radius 2 is 1.85 bits per heavy atom. The number of aliphatic carboxylic acids is 2. The number of aromatic nitrogens is 7. The van der Waals surface area contributed by atoms with Crippen molar-refractivity contribution in [3.8, 4) is 5.88 Å². The Bertz CT molecular complexity index is 1860. The summed E-state index contributed by atoms with van der Waals surface area (Å²) >= 11 is 0. The fourth-order valence-corrected chi connectivity index (χ4v) is 4.47. The second-order valence-corrected chi connectivity index (χ2v) is 11.4. The van der Waals surface area contributed by atoms with E-state index >= 15 is 0 Å². The standard InChI is InChI=1S/C31H35N7O8/c1-31(2,3)27-21(32-17-33-27)15-23-29(35-22(28(42)34-23)14-19-8-5-4-6-9-19)46-18-45-26(41)11-7-10-20-16-38(37-36-20)24(30(43)44)12-13-25(39)40/h4-6,8-9,14-17,24H,7,10-13,18H2,1-3H3,(H,32,33)(H,34,42)(H,39,40)(H,43,44). The highest BCUT2D eigenvalue weighted by Crippen LogP contribution is 2.23. The molecular formula is C31H35N7O8. The maximum Gasteiger partial charge on any atom is 0.328 e. The van der Waals surface area contributed by atoms with Crippen molar-refractivity contribution in [3.05, 3.63) is 86.6 Å². The highest BCUT2D eigenvalue weighted by atomic mass is 16.7. The first kappa shape index (κ1) is 33.3. The Kier molecular flexibility index (Phi) is 10.8. The van der Waals surface area contributed by atoms with E-state index in [1.807, 2.05) is 51.1 Å².